The van der Waals surface area contributed by atoms with Crippen molar-refractivity contribution in [1.82, 2.24) is 5.01 Å². The Morgan fingerprint density at radius 1 is 1.33 bits per heavy atom. The maximum atomic E-state index is 11.5. The number of nitrogens with zero attached hydrogens (tertiary/aromatic N) is 2. The van der Waals surface area contributed by atoms with Crippen molar-refractivity contribution in [2.45, 2.75) is 26.4 Å². The summed E-state index contributed by atoms with van der Waals surface area (Å²) in [6, 6.07) is 9.72. The highest BCUT2D eigenvalue weighted by atomic mass is 16.6. The van der Waals surface area contributed by atoms with Crippen molar-refractivity contribution in [3.05, 3.63) is 35.9 Å². The maximum absolute atomic E-state index is 11.5. The van der Waals surface area contributed by atoms with E-state index in [-0.39, 0.29) is 12.5 Å². The van der Waals surface area contributed by atoms with Crippen molar-refractivity contribution in [2.75, 3.05) is 13.6 Å². The molecule has 4 heteroatoms. The van der Waals surface area contributed by atoms with Gasteiger partial charge in [0.2, 0.25) is 0 Å². The molecule has 18 heavy (non-hydrogen) atoms. The number of carbonyl (C=O) groups is 1. The van der Waals surface area contributed by atoms with Crippen LogP contribution < -0.4 is 0 Å². The van der Waals surface area contributed by atoms with E-state index in [0.29, 0.717) is 0 Å². The van der Waals surface area contributed by atoms with Gasteiger partial charge in [-0.15, -0.1) is 0 Å². The summed E-state index contributed by atoms with van der Waals surface area (Å²) < 4.78 is 5.21. The Labute approximate surface area is 108 Å². The SMILES string of the molecule is CN(CC(=O)OC(C)(C)C)N=Cc1ccccc1. The zero-order valence-electron chi connectivity index (χ0n) is 11.4. The van der Waals surface area contributed by atoms with Crippen LogP contribution >= 0.6 is 0 Å². The highest BCUT2D eigenvalue weighted by Crippen LogP contribution is 2.07. The van der Waals surface area contributed by atoms with Crippen LogP contribution in [0.3, 0.4) is 0 Å². The summed E-state index contributed by atoms with van der Waals surface area (Å²) in [6.45, 7) is 5.68. The van der Waals surface area contributed by atoms with Gasteiger partial charge in [0.15, 0.2) is 0 Å². The van der Waals surface area contributed by atoms with E-state index < -0.39 is 5.60 Å². The van der Waals surface area contributed by atoms with Crippen LogP contribution in [0.4, 0.5) is 0 Å². The fourth-order valence-electron chi connectivity index (χ4n) is 1.31. The zero-order valence-corrected chi connectivity index (χ0v) is 11.4. The molecule has 0 aliphatic rings. The number of hydrogen-bond acceptors (Lipinski definition) is 4. The number of benzene rings is 1. The Hall–Kier alpha value is -1.84. The summed E-state index contributed by atoms with van der Waals surface area (Å²) in [6.07, 6.45) is 1.71. The minimum absolute atomic E-state index is 0.139. The topological polar surface area (TPSA) is 41.9 Å². The van der Waals surface area contributed by atoms with Crippen LogP contribution in [-0.4, -0.2) is 36.4 Å². The summed E-state index contributed by atoms with van der Waals surface area (Å²) >= 11 is 0. The number of hydrogen-bond donors (Lipinski definition) is 0. The van der Waals surface area contributed by atoms with Gasteiger partial charge in [-0.25, -0.2) is 0 Å². The molecule has 98 valence electrons. The van der Waals surface area contributed by atoms with Crippen LogP contribution in [0, 0.1) is 0 Å². The van der Waals surface area contributed by atoms with Gasteiger partial charge in [-0.05, 0) is 26.3 Å². The average Bonchev–Trinajstić information content (AvgIpc) is 2.25. The van der Waals surface area contributed by atoms with E-state index in [1.54, 1.807) is 18.3 Å². The van der Waals surface area contributed by atoms with Gasteiger partial charge in [0, 0.05) is 7.05 Å². The van der Waals surface area contributed by atoms with Crippen molar-refractivity contribution in [3.63, 3.8) is 0 Å². The molecule has 0 saturated heterocycles. The average molecular weight is 248 g/mol. The first-order chi connectivity index (χ1) is 8.37. The van der Waals surface area contributed by atoms with E-state index in [1.165, 1.54) is 0 Å². The first kappa shape index (κ1) is 14.2. The quantitative estimate of drug-likeness (QED) is 0.466. The summed E-state index contributed by atoms with van der Waals surface area (Å²) in [5.41, 5.74) is 0.537. The molecule has 0 bridgehead atoms. The fraction of sp³-hybridized carbons (Fsp3) is 0.429. The minimum Gasteiger partial charge on any atom is -0.459 e. The van der Waals surface area contributed by atoms with E-state index in [2.05, 4.69) is 5.10 Å². The van der Waals surface area contributed by atoms with E-state index in [4.69, 9.17) is 4.74 Å². The molecule has 0 fully saturated rings. The Morgan fingerprint density at radius 2 is 1.94 bits per heavy atom. The Balaban J connectivity index is 2.45. The molecular weight excluding hydrogens is 228 g/mol. The molecule has 0 aromatic heterocycles. The molecule has 0 amide bonds. The predicted octanol–water partition coefficient (Wildman–Crippen LogP) is 2.29. The van der Waals surface area contributed by atoms with Crippen molar-refractivity contribution in [2.24, 2.45) is 5.10 Å². The highest BCUT2D eigenvalue weighted by Gasteiger charge is 2.16. The monoisotopic (exact) mass is 248 g/mol. The molecule has 1 aromatic carbocycles. The molecule has 0 aliphatic heterocycles. The first-order valence-corrected chi connectivity index (χ1v) is 5.89. The van der Waals surface area contributed by atoms with Crippen molar-refractivity contribution in [3.8, 4) is 0 Å². The normalized spacial score (nSPS) is 11.6. The second-order valence-electron chi connectivity index (χ2n) is 5.06. The lowest BCUT2D eigenvalue weighted by Crippen LogP contribution is -2.30. The molecule has 1 aromatic rings. The number of carbonyl (C=O) groups excluding carboxylic acids is 1. The largest absolute Gasteiger partial charge is 0.459 e. The number of ether oxygens (including phenoxy) is 1. The molecule has 1 rings (SSSR count). The van der Waals surface area contributed by atoms with Gasteiger partial charge < -0.3 is 4.74 Å². The van der Waals surface area contributed by atoms with Crippen LogP contribution in [0.2, 0.25) is 0 Å². The molecule has 0 unspecified atom stereocenters. The van der Waals surface area contributed by atoms with Gasteiger partial charge in [0.1, 0.15) is 12.1 Å². The number of rotatable bonds is 4. The number of hydrazone groups is 1. The second kappa shape index (κ2) is 6.19. The predicted molar refractivity (Wildman–Crippen MR) is 72.5 cm³/mol. The van der Waals surface area contributed by atoms with E-state index >= 15 is 0 Å². The molecule has 0 spiro atoms. The molecule has 0 heterocycles. The summed E-state index contributed by atoms with van der Waals surface area (Å²) in [5.74, 6) is -0.282. The summed E-state index contributed by atoms with van der Waals surface area (Å²) in [5, 5.41) is 5.73. The van der Waals surface area contributed by atoms with E-state index in [9.17, 15) is 4.79 Å². The molecular formula is C14H20N2O2. The highest BCUT2D eigenvalue weighted by molar-refractivity contribution is 5.79. The van der Waals surface area contributed by atoms with Gasteiger partial charge in [0.25, 0.3) is 0 Å². The smallest absolute Gasteiger partial charge is 0.327 e. The van der Waals surface area contributed by atoms with Crippen molar-refractivity contribution < 1.29 is 9.53 Å². The summed E-state index contributed by atoms with van der Waals surface area (Å²) in [7, 11) is 1.74. The van der Waals surface area contributed by atoms with E-state index in [0.717, 1.165) is 5.56 Å². The lowest BCUT2D eigenvalue weighted by atomic mass is 10.2. The van der Waals surface area contributed by atoms with Gasteiger partial charge in [-0.2, -0.15) is 5.10 Å². The standard InChI is InChI=1S/C14H20N2O2/c1-14(2,3)18-13(17)11-16(4)15-10-12-8-6-5-7-9-12/h5-10H,11H2,1-4H3. The number of likely N-dealkylation sites (N-methyl/N-ethyl adjacent to an activating group) is 1. The van der Waals surface area contributed by atoms with Crippen LogP contribution in [-0.2, 0) is 9.53 Å². The van der Waals surface area contributed by atoms with Gasteiger partial charge >= 0.3 is 5.97 Å². The molecule has 0 N–H and O–H groups in total. The Bertz CT molecular complexity index is 408. The molecule has 0 aliphatic carbocycles. The molecule has 4 nitrogen and oxygen atoms in total. The number of esters is 1. The van der Waals surface area contributed by atoms with Crippen LogP contribution in [0.5, 0.6) is 0 Å². The third-order valence-electron chi connectivity index (χ3n) is 1.98. The first-order valence-electron chi connectivity index (χ1n) is 5.89. The minimum atomic E-state index is -0.457. The lowest BCUT2D eigenvalue weighted by Gasteiger charge is -2.21. The van der Waals surface area contributed by atoms with E-state index in [1.807, 2.05) is 51.1 Å². The lowest BCUT2D eigenvalue weighted by molar-refractivity contribution is -0.155. The zero-order chi connectivity index (χ0) is 13.6. The molecule has 0 atom stereocenters. The van der Waals surface area contributed by atoms with Gasteiger partial charge in [-0.3, -0.25) is 9.80 Å². The molecule has 0 saturated carbocycles. The summed E-state index contributed by atoms with van der Waals surface area (Å²) in [4.78, 5) is 11.5. The van der Waals surface area contributed by atoms with Crippen LogP contribution in [0.25, 0.3) is 0 Å². The third kappa shape index (κ3) is 6.03. The second-order valence-corrected chi connectivity index (χ2v) is 5.06. The third-order valence-corrected chi connectivity index (χ3v) is 1.98. The van der Waals surface area contributed by atoms with Crippen molar-refractivity contribution >= 4 is 12.2 Å². The van der Waals surface area contributed by atoms with Gasteiger partial charge in [-0.1, -0.05) is 30.3 Å². The van der Waals surface area contributed by atoms with Crippen LogP contribution in [0.15, 0.2) is 35.4 Å². The van der Waals surface area contributed by atoms with Gasteiger partial charge in [0.05, 0.1) is 6.21 Å². The maximum Gasteiger partial charge on any atom is 0.327 e. The fourth-order valence-corrected chi connectivity index (χ4v) is 1.31. The Morgan fingerprint density at radius 3 is 2.50 bits per heavy atom. The Kier molecular flexibility index (Phi) is 4.89. The van der Waals surface area contributed by atoms with Crippen LogP contribution in [0.1, 0.15) is 26.3 Å². The van der Waals surface area contributed by atoms with Crippen molar-refractivity contribution in [1.29, 1.82) is 0 Å². The molecule has 0 radical (unpaired) electrons.